The standard InChI is InChI=1S/C17H27N3O2.ClH/c1-17(2,3)14-7-5-13(6-8-14)16(22)20-10-9-15(21)19-12-11-18-4;/h5-8,18H,9-12H2,1-4H3,(H,19,21)(H,20,22);1H. The number of likely N-dealkylation sites (N-methyl/N-ethyl adjacent to an activating group) is 1. The molecule has 0 fully saturated rings. The largest absolute Gasteiger partial charge is 0.355 e. The van der Waals surface area contributed by atoms with E-state index in [0.717, 1.165) is 6.54 Å². The molecule has 0 aliphatic carbocycles. The van der Waals surface area contributed by atoms with Crippen molar-refractivity contribution in [1.29, 1.82) is 0 Å². The van der Waals surface area contributed by atoms with Crippen LogP contribution in [0.25, 0.3) is 0 Å². The van der Waals surface area contributed by atoms with Gasteiger partial charge in [-0.3, -0.25) is 9.59 Å². The minimum absolute atomic E-state index is 0. The molecule has 130 valence electrons. The lowest BCUT2D eigenvalue weighted by Crippen LogP contribution is -2.33. The minimum atomic E-state index is -0.150. The summed E-state index contributed by atoms with van der Waals surface area (Å²) >= 11 is 0. The van der Waals surface area contributed by atoms with Crippen molar-refractivity contribution in [3.8, 4) is 0 Å². The van der Waals surface area contributed by atoms with Crippen molar-refractivity contribution < 1.29 is 9.59 Å². The second-order valence-electron chi connectivity index (χ2n) is 6.29. The van der Waals surface area contributed by atoms with Crippen LogP contribution in [-0.2, 0) is 10.2 Å². The Balaban J connectivity index is 0.00000484. The Kier molecular flexibility index (Phi) is 9.53. The van der Waals surface area contributed by atoms with E-state index in [9.17, 15) is 9.59 Å². The Morgan fingerprint density at radius 3 is 2.09 bits per heavy atom. The average molecular weight is 342 g/mol. The molecule has 0 atom stereocenters. The van der Waals surface area contributed by atoms with E-state index in [0.29, 0.717) is 18.7 Å². The third-order valence-electron chi connectivity index (χ3n) is 3.35. The van der Waals surface area contributed by atoms with Crippen LogP contribution in [0.5, 0.6) is 0 Å². The van der Waals surface area contributed by atoms with Crippen molar-refractivity contribution in [2.75, 3.05) is 26.7 Å². The summed E-state index contributed by atoms with van der Waals surface area (Å²) in [5.74, 6) is -0.206. The molecule has 5 nitrogen and oxygen atoms in total. The Labute approximate surface area is 145 Å². The van der Waals surface area contributed by atoms with Gasteiger partial charge in [0.25, 0.3) is 5.91 Å². The van der Waals surface area contributed by atoms with Crippen LogP contribution >= 0.6 is 12.4 Å². The molecule has 0 saturated heterocycles. The van der Waals surface area contributed by atoms with Crippen molar-refractivity contribution in [3.05, 3.63) is 35.4 Å². The van der Waals surface area contributed by atoms with E-state index in [-0.39, 0.29) is 36.1 Å². The van der Waals surface area contributed by atoms with Crippen LogP contribution in [-0.4, -0.2) is 38.5 Å². The summed E-state index contributed by atoms with van der Waals surface area (Å²) in [4.78, 5) is 23.5. The lowest BCUT2D eigenvalue weighted by atomic mass is 9.87. The maximum atomic E-state index is 12.0. The summed E-state index contributed by atoms with van der Waals surface area (Å²) in [6.07, 6.45) is 0.287. The summed E-state index contributed by atoms with van der Waals surface area (Å²) in [7, 11) is 1.83. The molecular weight excluding hydrogens is 314 g/mol. The molecule has 23 heavy (non-hydrogen) atoms. The molecule has 6 heteroatoms. The van der Waals surface area contributed by atoms with Crippen LogP contribution in [0, 0.1) is 0 Å². The van der Waals surface area contributed by atoms with Crippen LogP contribution < -0.4 is 16.0 Å². The molecule has 0 unspecified atom stereocenters. The topological polar surface area (TPSA) is 70.2 Å². The number of carbonyl (C=O) groups excluding carboxylic acids is 2. The third-order valence-corrected chi connectivity index (χ3v) is 3.35. The summed E-state index contributed by atoms with van der Waals surface area (Å²) in [5, 5.41) is 8.48. The SMILES string of the molecule is CNCCNC(=O)CCNC(=O)c1ccc(C(C)(C)C)cc1.Cl. The van der Waals surface area contributed by atoms with Gasteiger partial charge in [0.15, 0.2) is 0 Å². The molecule has 2 amide bonds. The fourth-order valence-corrected chi connectivity index (χ4v) is 1.93. The second kappa shape index (κ2) is 10.2. The zero-order chi connectivity index (χ0) is 16.6. The number of hydrogen-bond donors (Lipinski definition) is 3. The summed E-state index contributed by atoms with van der Waals surface area (Å²) < 4.78 is 0. The van der Waals surface area contributed by atoms with Gasteiger partial charge >= 0.3 is 0 Å². The highest BCUT2D eigenvalue weighted by molar-refractivity contribution is 5.94. The molecule has 0 aromatic heterocycles. The van der Waals surface area contributed by atoms with Gasteiger partial charge in [-0.15, -0.1) is 12.4 Å². The maximum Gasteiger partial charge on any atom is 0.251 e. The van der Waals surface area contributed by atoms with Gasteiger partial charge in [0.05, 0.1) is 0 Å². The van der Waals surface area contributed by atoms with Gasteiger partial charge in [-0.2, -0.15) is 0 Å². The van der Waals surface area contributed by atoms with E-state index in [1.165, 1.54) is 5.56 Å². The van der Waals surface area contributed by atoms with Gasteiger partial charge in [-0.05, 0) is 30.2 Å². The molecule has 0 spiro atoms. The van der Waals surface area contributed by atoms with Crippen molar-refractivity contribution in [2.24, 2.45) is 0 Å². The van der Waals surface area contributed by atoms with Gasteiger partial charge in [0, 0.05) is 31.6 Å². The van der Waals surface area contributed by atoms with Crippen LogP contribution in [0.2, 0.25) is 0 Å². The highest BCUT2D eigenvalue weighted by atomic mass is 35.5. The van der Waals surface area contributed by atoms with Gasteiger partial charge in [0.1, 0.15) is 0 Å². The van der Waals surface area contributed by atoms with E-state index in [4.69, 9.17) is 0 Å². The maximum absolute atomic E-state index is 12.0. The molecule has 0 aliphatic rings. The number of nitrogens with one attached hydrogen (secondary N) is 3. The second-order valence-corrected chi connectivity index (χ2v) is 6.29. The highest BCUT2D eigenvalue weighted by Gasteiger charge is 2.14. The van der Waals surface area contributed by atoms with Crippen molar-refractivity contribution in [3.63, 3.8) is 0 Å². The van der Waals surface area contributed by atoms with Crippen LogP contribution in [0.1, 0.15) is 43.1 Å². The molecular formula is C17H28ClN3O2. The molecule has 1 rings (SSSR count). The number of benzene rings is 1. The highest BCUT2D eigenvalue weighted by Crippen LogP contribution is 2.22. The summed E-state index contributed by atoms with van der Waals surface area (Å²) in [6.45, 7) is 8.07. The van der Waals surface area contributed by atoms with Gasteiger partial charge in [-0.25, -0.2) is 0 Å². The normalized spacial score (nSPS) is 10.6. The first-order chi connectivity index (χ1) is 10.3. The Morgan fingerprint density at radius 2 is 1.57 bits per heavy atom. The Bertz CT molecular complexity index is 496. The average Bonchev–Trinajstić information content (AvgIpc) is 2.46. The van der Waals surface area contributed by atoms with Gasteiger partial charge < -0.3 is 16.0 Å². The van der Waals surface area contributed by atoms with Crippen molar-refractivity contribution in [1.82, 2.24) is 16.0 Å². The number of rotatable bonds is 7. The minimum Gasteiger partial charge on any atom is -0.355 e. The molecule has 1 aromatic carbocycles. The fraction of sp³-hybridized carbons (Fsp3) is 0.529. The number of halogens is 1. The molecule has 1 aromatic rings. The molecule has 0 saturated carbocycles. The molecule has 0 aliphatic heterocycles. The van der Waals surface area contributed by atoms with E-state index in [1.54, 1.807) is 0 Å². The predicted octanol–water partition coefficient (Wildman–Crippen LogP) is 1.86. The van der Waals surface area contributed by atoms with Crippen LogP contribution in [0.4, 0.5) is 0 Å². The number of hydrogen-bond acceptors (Lipinski definition) is 3. The fourth-order valence-electron chi connectivity index (χ4n) is 1.93. The van der Waals surface area contributed by atoms with Crippen molar-refractivity contribution in [2.45, 2.75) is 32.6 Å². The molecule has 0 bridgehead atoms. The number of amides is 2. The smallest absolute Gasteiger partial charge is 0.251 e. The first-order valence-electron chi connectivity index (χ1n) is 7.64. The number of carbonyl (C=O) groups is 2. The van der Waals surface area contributed by atoms with Crippen LogP contribution in [0.15, 0.2) is 24.3 Å². The van der Waals surface area contributed by atoms with Gasteiger partial charge in [-0.1, -0.05) is 32.9 Å². The first-order valence-corrected chi connectivity index (χ1v) is 7.64. The summed E-state index contributed by atoms with van der Waals surface area (Å²) in [6, 6.07) is 7.59. The van der Waals surface area contributed by atoms with Gasteiger partial charge in [0.2, 0.25) is 5.91 Å². The molecule has 3 N–H and O–H groups in total. The Hall–Kier alpha value is -1.59. The predicted molar refractivity (Wildman–Crippen MR) is 96.3 cm³/mol. The molecule has 0 radical (unpaired) electrons. The quantitative estimate of drug-likeness (QED) is 0.663. The monoisotopic (exact) mass is 341 g/mol. The summed E-state index contributed by atoms with van der Waals surface area (Å²) in [5.41, 5.74) is 1.87. The van der Waals surface area contributed by atoms with Crippen LogP contribution in [0.3, 0.4) is 0 Å². The molecule has 0 heterocycles. The first kappa shape index (κ1) is 21.4. The zero-order valence-corrected chi connectivity index (χ0v) is 15.2. The Morgan fingerprint density at radius 1 is 0.957 bits per heavy atom. The third kappa shape index (κ3) is 8.00. The van der Waals surface area contributed by atoms with Crippen molar-refractivity contribution >= 4 is 24.2 Å². The van der Waals surface area contributed by atoms with E-state index < -0.39 is 0 Å². The lowest BCUT2D eigenvalue weighted by molar-refractivity contribution is -0.120. The van der Waals surface area contributed by atoms with E-state index in [2.05, 4.69) is 36.7 Å². The lowest BCUT2D eigenvalue weighted by Gasteiger charge is -2.19. The zero-order valence-electron chi connectivity index (χ0n) is 14.4. The van der Waals surface area contributed by atoms with E-state index >= 15 is 0 Å². The van der Waals surface area contributed by atoms with E-state index in [1.807, 2.05) is 31.3 Å².